The van der Waals surface area contributed by atoms with Gasteiger partial charge in [0.2, 0.25) is 5.91 Å². The molecule has 1 heterocycles. The molecule has 0 saturated carbocycles. The quantitative estimate of drug-likeness (QED) is 0.879. The molecule has 2 N–H and O–H groups in total. The third-order valence-corrected chi connectivity index (χ3v) is 4.36. The van der Waals surface area contributed by atoms with E-state index in [9.17, 15) is 4.79 Å². The first-order valence-electron chi connectivity index (χ1n) is 6.66. The highest BCUT2D eigenvalue weighted by molar-refractivity contribution is 7.15. The van der Waals surface area contributed by atoms with E-state index in [2.05, 4.69) is 22.5 Å². The number of thiazole rings is 1. The van der Waals surface area contributed by atoms with Crippen LogP contribution >= 0.6 is 23.7 Å². The number of carbonyl (C=O) groups excluding carboxylic acids is 1. The van der Waals surface area contributed by atoms with Gasteiger partial charge in [-0.2, -0.15) is 0 Å². The number of amides is 1. The molecule has 108 valence electrons. The summed E-state index contributed by atoms with van der Waals surface area (Å²) in [7, 11) is 1.77. The summed E-state index contributed by atoms with van der Waals surface area (Å²) in [6.45, 7) is 2.58. The smallest absolute Gasteiger partial charge is 0.240 e. The summed E-state index contributed by atoms with van der Waals surface area (Å²) in [6, 6.07) is 0. The molecule has 1 aliphatic carbocycles. The number of carbonyl (C=O) groups is 1. The van der Waals surface area contributed by atoms with Gasteiger partial charge in [-0.25, -0.2) is 4.98 Å². The predicted molar refractivity (Wildman–Crippen MR) is 82.3 cm³/mol. The topological polar surface area (TPSA) is 54.0 Å². The number of aryl methyl sites for hydroxylation is 1. The van der Waals surface area contributed by atoms with Crippen LogP contribution in [0.4, 0.5) is 5.13 Å². The molecule has 0 aliphatic heterocycles. The summed E-state index contributed by atoms with van der Waals surface area (Å²) in [6.07, 6.45) is 6.01. The second-order valence-corrected chi connectivity index (χ2v) is 5.95. The predicted octanol–water partition coefficient (Wildman–Crippen LogP) is 2.63. The van der Waals surface area contributed by atoms with Crippen molar-refractivity contribution in [1.29, 1.82) is 0 Å². The van der Waals surface area contributed by atoms with Crippen molar-refractivity contribution in [2.75, 3.05) is 18.9 Å². The molecule has 1 amide bonds. The third-order valence-electron chi connectivity index (χ3n) is 3.32. The van der Waals surface area contributed by atoms with E-state index in [1.807, 2.05) is 0 Å². The second-order valence-electron chi connectivity index (χ2n) is 4.86. The fourth-order valence-electron chi connectivity index (χ4n) is 2.48. The Bertz CT molecular complexity index is 422. The van der Waals surface area contributed by atoms with E-state index in [4.69, 9.17) is 0 Å². The Hall–Kier alpha value is -0.650. The molecule has 19 heavy (non-hydrogen) atoms. The van der Waals surface area contributed by atoms with Gasteiger partial charge in [-0.15, -0.1) is 23.7 Å². The number of fused-ring (bicyclic) bond motifs is 1. The van der Waals surface area contributed by atoms with E-state index >= 15 is 0 Å². The maximum absolute atomic E-state index is 11.5. The van der Waals surface area contributed by atoms with Gasteiger partial charge in [0.1, 0.15) is 0 Å². The zero-order valence-electron chi connectivity index (χ0n) is 11.5. The minimum Gasteiger partial charge on any atom is -0.311 e. The van der Waals surface area contributed by atoms with Gasteiger partial charge in [0.05, 0.1) is 12.2 Å². The first kappa shape index (κ1) is 16.4. The second kappa shape index (κ2) is 7.82. The average Bonchev–Trinajstić information content (AvgIpc) is 2.71. The Balaban J connectivity index is 0.00000180. The van der Waals surface area contributed by atoms with E-state index in [0.29, 0.717) is 6.54 Å². The van der Waals surface area contributed by atoms with Crippen LogP contribution in [0.15, 0.2) is 0 Å². The van der Waals surface area contributed by atoms with Gasteiger partial charge in [-0.3, -0.25) is 4.79 Å². The molecule has 6 heteroatoms. The lowest BCUT2D eigenvalue weighted by Crippen LogP contribution is -2.24. The van der Waals surface area contributed by atoms with Crippen molar-refractivity contribution in [2.45, 2.75) is 39.0 Å². The lowest BCUT2D eigenvalue weighted by atomic mass is 9.88. The SMILES string of the molecule is CCCC1CCc2nc(NC(=O)CNC)sc2C1.Cl. The molecule has 0 spiro atoms. The summed E-state index contributed by atoms with van der Waals surface area (Å²) in [5, 5.41) is 6.45. The molecular formula is C13H22ClN3OS. The molecule has 1 aliphatic rings. The molecule has 0 saturated heterocycles. The zero-order valence-corrected chi connectivity index (χ0v) is 13.1. The monoisotopic (exact) mass is 303 g/mol. The standard InChI is InChI=1S/C13H21N3OS.ClH/c1-3-4-9-5-6-10-11(7-9)18-13(15-10)16-12(17)8-14-2;/h9,14H,3-8H2,1-2H3,(H,15,16,17);1H. The zero-order chi connectivity index (χ0) is 13.0. The fraction of sp³-hybridized carbons (Fsp3) is 0.692. The number of anilines is 1. The largest absolute Gasteiger partial charge is 0.311 e. The van der Waals surface area contributed by atoms with Crippen molar-refractivity contribution in [1.82, 2.24) is 10.3 Å². The Kier molecular flexibility index (Phi) is 6.75. The van der Waals surface area contributed by atoms with Crippen LogP contribution in [-0.2, 0) is 17.6 Å². The minimum absolute atomic E-state index is 0. The van der Waals surface area contributed by atoms with Crippen LogP contribution in [0.25, 0.3) is 0 Å². The maximum Gasteiger partial charge on any atom is 0.240 e. The molecule has 0 radical (unpaired) electrons. The van der Waals surface area contributed by atoms with E-state index in [1.54, 1.807) is 18.4 Å². The number of nitrogens with one attached hydrogen (secondary N) is 2. The van der Waals surface area contributed by atoms with Gasteiger partial charge in [-0.1, -0.05) is 19.8 Å². The number of rotatable bonds is 5. The van der Waals surface area contributed by atoms with Crippen molar-refractivity contribution in [3.63, 3.8) is 0 Å². The van der Waals surface area contributed by atoms with Crippen molar-refractivity contribution in [3.05, 3.63) is 10.6 Å². The van der Waals surface area contributed by atoms with Crippen LogP contribution in [0.1, 0.15) is 36.8 Å². The number of hydrogen-bond acceptors (Lipinski definition) is 4. The molecule has 0 fully saturated rings. The first-order valence-corrected chi connectivity index (χ1v) is 7.47. The number of halogens is 1. The highest BCUT2D eigenvalue weighted by Gasteiger charge is 2.22. The fourth-order valence-corrected chi connectivity index (χ4v) is 3.61. The molecule has 0 bridgehead atoms. The lowest BCUT2D eigenvalue weighted by Gasteiger charge is -2.19. The Morgan fingerprint density at radius 2 is 2.32 bits per heavy atom. The summed E-state index contributed by atoms with van der Waals surface area (Å²) in [4.78, 5) is 17.4. The van der Waals surface area contributed by atoms with Crippen LogP contribution in [-0.4, -0.2) is 24.5 Å². The van der Waals surface area contributed by atoms with Crippen molar-refractivity contribution < 1.29 is 4.79 Å². The van der Waals surface area contributed by atoms with E-state index < -0.39 is 0 Å². The van der Waals surface area contributed by atoms with Crippen LogP contribution in [0, 0.1) is 5.92 Å². The maximum atomic E-state index is 11.5. The molecule has 1 aromatic heterocycles. The lowest BCUT2D eigenvalue weighted by molar-refractivity contribution is -0.115. The summed E-state index contributed by atoms with van der Waals surface area (Å²) in [5.41, 5.74) is 1.20. The summed E-state index contributed by atoms with van der Waals surface area (Å²) < 4.78 is 0. The van der Waals surface area contributed by atoms with Crippen LogP contribution in [0.3, 0.4) is 0 Å². The van der Waals surface area contributed by atoms with Crippen molar-refractivity contribution >= 4 is 34.8 Å². The Morgan fingerprint density at radius 1 is 1.53 bits per heavy atom. The van der Waals surface area contributed by atoms with Crippen molar-refractivity contribution in [3.8, 4) is 0 Å². The highest BCUT2D eigenvalue weighted by Crippen LogP contribution is 2.33. The van der Waals surface area contributed by atoms with E-state index in [0.717, 1.165) is 23.9 Å². The van der Waals surface area contributed by atoms with Crippen LogP contribution in [0.2, 0.25) is 0 Å². The van der Waals surface area contributed by atoms with E-state index in [1.165, 1.54) is 29.8 Å². The Morgan fingerprint density at radius 3 is 3.00 bits per heavy atom. The summed E-state index contributed by atoms with van der Waals surface area (Å²) in [5.74, 6) is 0.789. The van der Waals surface area contributed by atoms with Crippen LogP contribution < -0.4 is 10.6 Å². The van der Waals surface area contributed by atoms with Gasteiger partial charge < -0.3 is 10.6 Å². The molecule has 1 unspecified atom stereocenters. The van der Waals surface area contributed by atoms with Gasteiger partial charge >= 0.3 is 0 Å². The molecule has 2 rings (SSSR count). The van der Waals surface area contributed by atoms with Crippen LogP contribution in [0.5, 0.6) is 0 Å². The number of likely N-dealkylation sites (N-methyl/N-ethyl adjacent to an activating group) is 1. The molecular weight excluding hydrogens is 282 g/mol. The van der Waals surface area contributed by atoms with Crippen molar-refractivity contribution in [2.24, 2.45) is 5.92 Å². The van der Waals surface area contributed by atoms with Gasteiger partial charge in [0, 0.05) is 4.88 Å². The molecule has 1 aromatic rings. The first-order chi connectivity index (χ1) is 8.72. The van der Waals surface area contributed by atoms with Gasteiger partial charge in [-0.05, 0) is 32.2 Å². The third kappa shape index (κ3) is 4.44. The minimum atomic E-state index is -0.0197. The average molecular weight is 304 g/mol. The highest BCUT2D eigenvalue weighted by atomic mass is 35.5. The Labute approximate surface area is 124 Å². The molecule has 0 aromatic carbocycles. The van der Waals surface area contributed by atoms with Gasteiger partial charge in [0.25, 0.3) is 0 Å². The number of aromatic nitrogens is 1. The van der Waals surface area contributed by atoms with Gasteiger partial charge in [0.15, 0.2) is 5.13 Å². The number of hydrogen-bond donors (Lipinski definition) is 2. The molecule has 4 nitrogen and oxygen atoms in total. The molecule has 1 atom stereocenters. The number of nitrogens with zero attached hydrogens (tertiary/aromatic N) is 1. The normalized spacial score (nSPS) is 17.5. The summed E-state index contributed by atoms with van der Waals surface area (Å²) >= 11 is 1.65. The van der Waals surface area contributed by atoms with E-state index in [-0.39, 0.29) is 18.3 Å².